The molecule has 1 fully saturated rings. The number of piperazine rings is 1. The van der Waals surface area contributed by atoms with Gasteiger partial charge < -0.3 is 25.0 Å². The normalized spacial score (nSPS) is 18.6. The summed E-state index contributed by atoms with van der Waals surface area (Å²) < 4.78 is 11.0. The number of nitrogens with zero attached hydrogens (tertiary/aromatic N) is 2. The Morgan fingerprint density at radius 3 is 2.65 bits per heavy atom. The van der Waals surface area contributed by atoms with Crippen LogP contribution < -0.4 is 25.0 Å². The van der Waals surface area contributed by atoms with Crippen LogP contribution in [-0.2, 0) is 6.42 Å². The summed E-state index contributed by atoms with van der Waals surface area (Å²) in [5.74, 6) is 1.81. The quantitative estimate of drug-likeness (QED) is 0.669. The molecule has 0 aliphatic carbocycles. The number of hydrogen-bond donors (Lipinski definition) is 2. The molecule has 2 aromatic carbocycles. The first-order valence-corrected chi connectivity index (χ1v) is 11.1. The summed E-state index contributed by atoms with van der Waals surface area (Å²) in [6.07, 6.45) is 1.75. The Bertz CT molecular complexity index is 850. The predicted molar refractivity (Wildman–Crippen MR) is 122 cm³/mol. The van der Waals surface area contributed by atoms with Crippen LogP contribution >= 0.6 is 0 Å². The van der Waals surface area contributed by atoms with E-state index in [2.05, 4.69) is 38.6 Å². The van der Waals surface area contributed by atoms with Crippen molar-refractivity contribution in [3.8, 4) is 11.5 Å². The molecule has 2 aliphatic rings. The highest BCUT2D eigenvalue weighted by molar-refractivity contribution is 5.74. The Labute approximate surface area is 184 Å². The van der Waals surface area contributed by atoms with Gasteiger partial charge in [-0.15, -0.1) is 0 Å². The van der Waals surface area contributed by atoms with Crippen LogP contribution in [0.4, 0.5) is 10.5 Å². The van der Waals surface area contributed by atoms with Crippen molar-refractivity contribution in [2.75, 3.05) is 57.9 Å². The Morgan fingerprint density at radius 2 is 1.87 bits per heavy atom. The van der Waals surface area contributed by atoms with E-state index in [0.717, 1.165) is 62.6 Å². The lowest BCUT2D eigenvalue weighted by Crippen LogP contribution is -2.48. The maximum atomic E-state index is 12.2. The van der Waals surface area contributed by atoms with E-state index in [1.807, 2.05) is 30.3 Å². The van der Waals surface area contributed by atoms with Gasteiger partial charge in [0, 0.05) is 38.4 Å². The molecule has 166 valence electrons. The number of ether oxygens (including phenoxy) is 2. The van der Waals surface area contributed by atoms with Crippen molar-refractivity contribution < 1.29 is 14.3 Å². The maximum Gasteiger partial charge on any atom is 0.315 e. The third kappa shape index (κ3) is 5.82. The van der Waals surface area contributed by atoms with Gasteiger partial charge in [-0.3, -0.25) is 4.90 Å². The zero-order chi connectivity index (χ0) is 21.5. The monoisotopic (exact) mass is 424 g/mol. The molecule has 7 nitrogen and oxygen atoms in total. The number of amides is 2. The van der Waals surface area contributed by atoms with Gasteiger partial charge in [-0.2, -0.15) is 0 Å². The van der Waals surface area contributed by atoms with Crippen molar-refractivity contribution >= 4 is 11.7 Å². The minimum atomic E-state index is -0.114. The molecule has 2 N–H and O–H groups in total. The summed E-state index contributed by atoms with van der Waals surface area (Å²) in [4.78, 5) is 17.1. The SMILES string of the molecule is COc1ccc(N2CCN(CCCNC(=O)N[C@H]3COc4ccccc4C3)CC2)cc1. The Morgan fingerprint density at radius 1 is 1.10 bits per heavy atom. The molecule has 2 heterocycles. The van der Waals surface area contributed by atoms with Gasteiger partial charge in [0.1, 0.15) is 18.1 Å². The van der Waals surface area contributed by atoms with Gasteiger partial charge in [0.25, 0.3) is 0 Å². The molecule has 2 amide bonds. The lowest BCUT2D eigenvalue weighted by molar-refractivity contribution is 0.213. The number of nitrogens with one attached hydrogen (secondary N) is 2. The fourth-order valence-corrected chi connectivity index (χ4v) is 4.18. The molecule has 1 atom stereocenters. The number of para-hydroxylation sites is 1. The smallest absolute Gasteiger partial charge is 0.315 e. The highest BCUT2D eigenvalue weighted by Crippen LogP contribution is 2.24. The van der Waals surface area contributed by atoms with Crippen LogP contribution in [-0.4, -0.2) is 70.0 Å². The molecule has 31 heavy (non-hydrogen) atoms. The Kier molecular flexibility index (Phi) is 7.14. The molecule has 0 bridgehead atoms. The van der Waals surface area contributed by atoms with Crippen molar-refractivity contribution in [3.05, 3.63) is 54.1 Å². The largest absolute Gasteiger partial charge is 0.497 e. The van der Waals surface area contributed by atoms with Gasteiger partial charge in [-0.05, 0) is 55.3 Å². The minimum absolute atomic E-state index is 0.0148. The lowest BCUT2D eigenvalue weighted by Gasteiger charge is -2.36. The fraction of sp³-hybridized carbons (Fsp3) is 0.458. The summed E-state index contributed by atoms with van der Waals surface area (Å²) in [5, 5.41) is 6.01. The molecule has 0 spiro atoms. The first-order valence-electron chi connectivity index (χ1n) is 11.1. The lowest BCUT2D eigenvalue weighted by atomic mass is 10.0. The number of anilines is 1. The van der Waals surface area contributed by atoms with Gasteiger partial charge in [-0.1, -0.05) is 18.2 Å². The summed E-state index contributed by atoms with van der Waals surface area (Å²) in [6, 6.07) is 16.2. The molecule has 0 radical (unpaired) electrons. The third-order valence-electron chi connectivity index (χ3n) is 5.96. The van der Waals surface area contributed by atoms with E-state index < -0.39 is 0 Å². The van der Waals surface area contributed by atoms with E-state index in [1.165, 1.54) is 5.69 Å². The molecule has 0 unspecified atom stereocenters. The van der Waals surface area contributed by atoms with E-state index in [4.69, 9.17) is 9.47 Å². The second-order valence-corrected chi connectivity index (χ2v) is 8.10. The van der Waals surface area contributed by atoms with Crippen molar-refractivity contribution in [1.29, 1.82) is 0 Å². The van der Waals surface area contributed by atoms with Crippen molar-refractivity contribution in [3.63, 3.8) is 0 Å². The van der Waals surface area contributed by atoms with Crippen molar-refractivity contribution in [2.24, 2.45) is 0 Å². The molecule has 2 aromatic rings. The van der Waals surface area contributed by atoms with Gasteiger partial charge in [-0.25, -0.2) is 4.79 Å². The highest BCUT2D eigenvalue weighted by atomic mass is 16.5. The number of hydrogen-bond acceptors (Lipinski definition) is 5. The molecule has 4 rings (SSSR count). The third-order valence-corrected chi connectivity index (χ3v) is 5.96. The Hall–Kier alpha value is -2.93. The molecule has 0 aromatic heterocycles. The van der Waals surface area contributed by atoms with Crippen molar-refractivity contribution in [2.45, 2.75) is 18.9 Å². The summed E-state index contributed by atoms with van der Waals surface area (Å²) >= 11 is 0. The molecule has 2 aliphatic heterocycles. The van der Waals surface area contributed by atoms with Crippen molar-refractivity contribution in [1.82, 2.24) is 15.5 Å². The molecular formula is C24H32N4O3. The number of urea groups is 1. The number of carbonyl (C=O) groups is 1. The number of fused-ring (bicyclic) bond motifs is 1. The van der Waals surface area contributed by atoms with Crippen LogP contribution in [0.1, 0.15) is 12.0 Å². The summed E-state index contributed by atoms with van der Waals surface area (Å²) in [7, 11) is 1.69. The summed E-state index contributed by atoms with van der Waals surface area (Å²) in [6.45, 7) is 6.30. The zero-order valence-electron chi connectivity index (χ0n) is 18.2. The van der Waals surface area contributed by atoms with Crippen LogP contribution in [0.2, 0.25) is 0 Å². The highest BCUT2D eigenvalue weighted by Gasteiger charge is 2.21. The topological polar surface area (TPSA) is 66.1 Å². The van der Waals surface area contributed by atoms with Gasteiger partial charge in [0.15, 0.2) is 0 Å². The first-order chi connectivity index (χ1) is 15.2. The number of benzene rings is 2. The molecular weight excluding hydrogens is 392 g/mol. The predicted octanol–water partition coefficient (Wildman–Crippen LogP) is 2.51. The average molecular weight is 425 g/mol. The molecule has 0 saturated carbocycles. The van der Waals surface area contributed by atoms with Gasteiger partial charge in [0.2, 0.25) is 0 Å². The standard InChI is InChI=1S/C24H32N4O3/c1-30-22-9-7-21(8-10-22)28-15-13-27(14-16-28)12-4-11-25-24(29)26-20-17-19-5-2-3-6-23(19)31-18-20/h2-3,5-10,20H,4,11-18H2,1H3,(H2,25,26,29)/t20-/m1/s1. The second-order valence-electron chi connectivity index (χ2n) is 8.10. The van der Waals surface area contributed by atoms with E-state index in [0.29, 0.717) is 13.2 Å². The average Bonchev–Trinajstić information content (AvgIpc) is 2.82. The van der Waals surface area contributed by atoms with E-state index in [9.17, 15) is 4.79 Å². The van der Waals surface area contributed by atoms with E-state index in [1.54, 1.807) is 7.11 Å². The Balaban J connectivity index is 1.10. The second kappa shape index (κ2) is 10.4. The first kappa shape index (κ1) is 21.3. The number of carbonyl (C=O) groups excluding carboxylic acids is 1. The van der Waals surface area contributed by atoms with Crippen LogP contribution in [0.5, 0.6) is 11.5 Å². The van der Waals surface area contributed by atoms with Crippen LogP contribution in [0.3, 0.4) is 0 Å². The fourth-order valence-electron chi connectivity index (χ4n) is 4.18. The number of methoxy groups -OCH3 is 1. The number of rotatable bonds is 7. The summed E-state index contributed by atoms with van der Waals surface area (Å²) in [5.41, 5.74) is 2.39. The zero-order valence-corrected chi connectivity index (χ0v) is 18.2. The van der Waals surface area contributed by atoms with Crippen LogP contribution in [0.15, 0.2) is 48.5 Å². The molecule has 1 saturated heterocycles. The van der Waals surface area contributed by atoms with Crippen LogP contribution in [0, 0.1) is 0 Å². The molecule has 7 heteroatoms. The maximum absolute atomic E-state index is 12.2. The minimum Gasteiger partial charge on any atom is -0.497 e. The van der Waals surface area contributed by atoms with Crippen LogP contribution in [0.25, 0.3) is 0 Å². The van der Waals surface area contributed by atoms with E-state index in [-0.39, 0.29) is 12.1 Å². The van der Waals surface area contributed by atoms with Gasteiger partial charge >= 0.3 is 6.03 Å². The van der Waals surface area contributed by atoms with E-state index >= 15 is 0 Å². The van der Waals surface area contributed by atoms with Gasteiger partial charge in [0.05, 0.1) is 13.2 Å².